The third-order valence-electron chi connectivity index (χ3n) is 3.08. The van der Waals surface area contributed by atoms with Crippen LogP contribution in [0.1, 0.15) is 24.0 Å². The van der Waals surface area contributed by atoms with Gasteiger partial charge in [0.05, 0.1) is 16.8 Å². The van der Waals surface area contributed by atoms with E-state index in [0.717, 1.165) is 31.5 Å². The van der Waals surface area contributed by atoms with E-state index in [2.05, 4.69) is 0 Å². The van der Waals surface area contributed by atoms with Crippen LogP contribution in [-0.2, 0) is 6.18 Å². The van der Waals surface area contributed by atoms with Crippen molar-refractivity contribution < 1.29 is 13.2 Å². The Morgan fingerprint density at radius 3 is 2.56 bits per heavy atom. The lowest BCUT2D eigenvalue weighted by Gasteiger charge is -2.21. The summed E-state index contributed by atoms with van der Waals surface area (Å²) < 4.78 is 37.6. The zero-order valence-corrected chi connectivity index (χ0v) is 9.96. The molecule has 0 heterocycles. The van der Waals surface area contributed by atoms with Crippen LogP contribution < -0.4 is 4.90 Å². The molecule has 0 atom stereocenters. The third kappa shape index (κ3) is 2.76. The molecule has 0 bridgehead atoms. The predicted octanol–water partition coefficient (Wildman–Crippen LogP) is 3.42. The largest absolute Gasteiger partial charge is 0.416 e. The Labute approximate surface area is 104 Å². The summed E-state index contributed by atoms with van der Waals surface area (Å²) in [5.41, 5.74) is -0.131. The highest BCUT2D eigenvalue weighted by Gasteiger charge is 2.31. The Balaban J connectivity index is 2.28. The topological polar surface area (TPSA) is 27.0 Å². The van der Waals surface area contributed by atoms with E-state index in [9.17, 15) is 13.2 Å². The van der Waals surface area contributed by atoms with Crippen LogP contribution in [0.5, 0.6) is 0 Å². The highest BCUT2D eigenvalue weighted by atomic mass is 19.4. The number of hydrogen-bond acceptors (Lipinski definition) is 2. The summed E-state index contributed by atoms with van der Waals surface area (Å²) in [5, 5.41) is 8.96. The van der Waals surface area contributed by atoms with Crippen LogP contribution in [0.15, 0.2) is 18.2 Å². The van der Waals surface area contributed by atoms with Gasteiger partial charge in [0.25, 0.3) is 0 Å². The van der Waals surface area contributed by atoms with E-state index in [4.69, 9.17) is 5.26 Å². The van der Waals surface area contributed by atoms with Crippen LogP contribution >= 0.6 is 0 Å². The maximum atomic E-state index is 12.5. The van der Waals surface area contributed by atoms with E-state index in [1.165, 1.54) is 6.07 Å². The molecule has 1 aromatic rings. The first-order valence-corrected chi connectivity index (χ1v) is 5.74. The summed E-state index contributed by atoms with van der Waals surface area (Å²) in [5.74, 6) is 0.615. The molecule has 0 radical (unpaired) electrons. The standard InChI is InChI=1S/C13H13F3N2/c1-18(8-9-2-3-9)12-5-4-11(13(14,15)16)6-10(12)7-17/h4-6,9H,2-3,8H2,1H3. The number of nitriles is 1. The molecule has 0 amide bonds. The van der Waals surface area contributed by atoms with Gasteiger partial charge in [0.2, 0.25) is 0 Å². The molecule has 2 rings (SSSR count). The smallest absolute Gasteiger partial charge is 0.373 e. The summed E-state index contributed by atoms with van der Waals surface area (Å²) >= 11 is 0. The van der Waals surface area contributed by atoms with E-state index >= 15 is 0 Å². The summed E-state index contributed by atoms with van der Waals surface area (Å²) in [6.07, 6.45) is -2.08. The fourth-order valence-corrected chi connectivity index (χ4v) is 1.92. The molecule has 1 aromatic carbocycles. The molecule has 18 heavy (non-hydrogen) atoms. The molecule has 96 valence electrons. The second-order valence-corrected chi connectivity index (χ2v) is 4.67. The average Bonchev–Trinajstić information content (AvgIpc) is 3.10. The Kier molecular flexibility index (Phi) is 3.20. The van der Waals surface area contributed by atoms with Crippen LogP contribution in [0.4, 0.5) is 18.9 Å². The molecular weight excluding hydrogens is 241 g/mol. The molecule has 0 aliphatic heterocycles. The lowest BCUT2D eigenvalue weighted by Crippen LogP contribution is -2.21. The Morgan fingerprint density at radius 2 is 2.06 bits per heavy atom. The molecule has 1 fully saturated rings. The van der Waals surface area contributed by atoms with E-state index < -0.39 is 11.7 Å². The van der Waals surface area contributed by atoms with Crippen LogP contribution in [0.3, 0.4) is 0 Å². The minimum atomic E-state index is -4.40. The molecule has 5 heteroatoms. The van der Waals surface area contributed by atoms with Gasteiger partial charge < -0.3 is 4.90 Å². The van der Waals surface area contributed by atoms with Gasteiger partial charge in [0, 0.05) is 13.6 Å². The average molecular weight is 254 g/mol. The summed E-state index contributed by atoms with van der Waals surface area (Å²) in [6, 6.07) is 5.16. The van der Waals surface area contributed by atoms with Crippen LogP contribution in [0, 0.1) is 17.2 Å². The number of rotatable bonds is 3. The van der Waals surface area contributed by atoms with Gasteiger partial charge in [-0.2, -0.15) is 18.4 Å². The van der Waals surface area contributed by atoms with Crippen molar-refractivity contribution in [3.05, 3.63) is 29.3 Å². The second kappa shape index (κ2) is 4.52. The van der Waals surface area contributed by atoms with Crippen LogP contribution in [0.25, 0.3) is 0 Å². The number of nitrogens with zero attached hydrogens (tertiary/aromatic N) is 2. The Hall–Kier alpha value is -1.70. The molecule has 0 spiro atoms. The van der Waals surface area contributed by atoms with Crippen LogP contribution in [-0.4, -0.2) is 13.6 Å². The van der Waals surface area contributed by atoms with Gasteiger partial charge in [-0.1, -0.05) is 0 Å². The summed E-state index contributed by atoms with van der Waals surface area (Å²) in [6.45, 7) is 0.792. The van der Waals surface area contributed by atoms with Crippen molar-refractivity contribution >= 4 is 5.69 Å². The van der Waals surface area contributed by atoms with Gasteiger partial charge in [0.15, 0.2) is 0 Å². The number of benzene rings is 1. The lowest BCUT2D eigenvalue weighted by molar-refractivity contribution is -0.137. The maximum absolute atomic E-state index is 12.5. The Morgan fingerprint density at radius 1 is 1.39 bits per heavy atom. The van der Waals surface area contributed by atoms with Crippen molar-refractivity contribution in [1.82, 2.24) is 0 Å². The van der Waals surface area contributed by atoms with Crippen molar-refractivity contribution in [2.45, 2.75) is 19.0 Å². The first-order chi connectivity index (χ1) is 8.41. The number of hydrogen-bond donors (Lipinski definition) is 0. The zero-order valence-electron chi connectivity index (χ0n) is 9.96. The van der Waals surface area contributed by atoms with Crippen molar-refractivity contribution in [2.75, 3.05) is 18.5 Å². The second-order valence-electron chi connectivity index (χ2n) is 4.67. The first kappa shape index (κ1) is 12.7. The molecular formula is C13H13F3N2. The monoisotopic (exact) mass is 254 g/mol. The van der Waals surface area contributed by atoms with Gasteiger partial charge in [-0.25, -0.2) is 0 Å². The quantitative estimate of drug-likeness (QED) is 0.826. The molecule has 0 aromatic heterocycles. The molecule has 2 nitrogen and oxygen atoms in total. The maximum Gasteiger partial charge on any atom is 0.416 e. The van der Waals surface area contributed by atoms with Crippen molar-refractivity contribution in [3.8, 4) is 6.07 Å². The van der Waals surface area contributed by atoms with Crippen LogP contribution in [0.2, 0.25) is 0 Å². The van der Waals surface area contributed by atoms with Crippen molar-refractivity contribution in [2.24, 2.45) is 5.92 Å². The fourth-order valence-electron chi connectivity index (χ4n) is 1.92. The fraction of sp³-hybridized carbons (Fsp3) is 0.462. The summed E-state index contributed by atoms with van der Waals surface area (Å²) in [7, 11) is 1.81. The van der Waals surface area contributed by atoms with Gasteiger partial charge in [0.1, 0.15) is 6.07 Å². The number of halogens is 3. The molecule has 0 N–H and O–H groups in total. The molecule has 1 aliphatic carbocycles. The molecule has 0 saturated heterocycles. The number of anilines is 1. The van der Waals surface area contributed by atoms with Gasteiger partial charge in [-0.3, -0.25) is 0 Å². The van der Waals surface area contributed by atoms with Gasteiger partial charge >= 0.3 is 6.18 Å². The first-order valence-electron chi connectivity index (χ1n) is 5.74. The normalized spacial score (nSPS) is 15.3. The lowest BCUT2D eigenvalue weighted by atomic mass is 10.1. The SMILES string of the molecule is CN(CC1CC1)c1ccc(C(F)(F)F)cc1C#N. The van der Waals surface area contributed by atoms with E-state index in [1.54, 1.807) is 0 Å². The molecule has 0 unspecified atom stereocenters. The predicted molar refractivity (Wildman–Crippen MR) is 62.2 cm³/mol. The van der Waals surface area contributed by atoms with E-state index in [-0.39, 0.29) is 5.56 Å². The minimum Gasteiger partial charge on any atom is -0.373 e. The van der Waals surface area contributed by atoms with Crippen molar-refractivity contribution in [1.29, 1.82) is 5.26 Å². The minimum absolute atomic E-state index is 0.0768. The van der Waals surface area contributed by atoms with Gasteiger partial charge in [-0.05, 0) is 37.0 Å². The molecule has 1 saturated carbocycles. The zero-order chi connectivity index (χ0) is 13.3. The molecule has 1 aliphatic rings. The van der Waals surface area contributed by atoms with Crippen molar-refractivity contribution in [3.63, 3.8) is 0 Å². The highest BCUT2D eigenvalue weighted by molar-refractivity contribution is 5.60. The highest BCUT2D eigenvalue weighted by Crippen LogP contribution is 2.34. The number of alkyl halides is 3. The van der Waals surface area contributed by atoms with Gasteiger partial charge in [-0.15, -0.1) is 0 Å². The van der Waals surface area contributed by atoms with E-state index in [1.807, 2.05) is 18.0 Å². The summed E-state index contributed by atoms with van der Waals surface area (Å²) in [4.78, 5) is 1.86. The Bertz CT molecular complexity index is 484. The van der Waals surface area contributed by atoms with E-state index in [0.29, 0.717) is 11.6 Å². The third-order valence-corrected chi connectivity index (χ3v) is 3.08.